The summed E-state index contributed by atoms with van der Waals surface area (Å²) in [5.74, 6) is 0.226. The summed E-state index contributed by atoms with van der Waals surface area (Å²) in [5, 5.41) is 4.24. The van der Waals surface area contributed by atoms with Crippen molar-refractivity contribution in [1.29, 1.82) is 0 Å². The Hall–Kier alpha value is -2.93. The SMILES string of the molecule is COc1ccc(C(NC(=O)C(C)N2CCCC2=O)C(=O)Cc2ccc([Si](C)(C)C)cc2)cc1. The van der Waals surface area contributed by atoms with Gasteiger partial charge in [-0.15, -0.1) is 0 Å². The Morgan fingerprint density at radius 2 is 1.70 bits per heavy atom. The van der Waals surface area contributed by atoms with Crippen molar-refractivity contribution < 1.29 is 19.1 Å². The first-order valence-electron chi connectivity index (χ1n) is 11.5. The molecule has 176 valence electrons. The van der Waals surface area contributed by atoms with Crippen LogP contribution in [0.4, 0.5) is 0 Å². The summed E-state index contributed by atoms with van der Waals surface area (Å²) in [6, 6.07) is 13.9. The molecule has 1 aliphatic heterocycles. The number of rotatable bonds is 9. The summed E-state index contributed by atoms with van der Waals surface area (Å²) in [6.45, 7) is 9.14. The minimum atomic E-state index is -1.42. The van der Waals surface area contributed by atoms with Gasteiger partial charge in [-0.1, -0.05) is 61.2 Å². The molecule has 1 fully saturated rings. The molecule has 1 saturated heterocycles. The highest BCUT2D eigenvalue weighted by Crippen LogP contribution is 2.22. The van der Waals surface area contributed by atoms with Crippen LogP contribution >= 0.6 is 0 Å². The third kappa shape index (κ3) is 6.10. The number of ketones is 1. The number of hydrogen-bond acceptors (Lipinski definition) is 4. The number of carbonyl (C=O) groups is 3. The van der Waals surface area contributed by atoms with Crippen LogP contribution in [0.15, 0.2) is 48.5 Å². The summed E-state index contributed by atoms with van der Waals surface area (Å²) in [4.78, 5) is 40.1. The van der Waals surface area contributed by atoms with Gasteiger partial charge >= 0.3 is 0 Å². The quantitative estimate of drug-likeness (QED) is 0.576. The fraction of sp³-hybridized carbons (Fsp3) is 0.423. The largest absolute Gasteiger partial charge is 0.497 e. The van der Waals surface area contributed by atoms with Crippen molar-refractivity contribution in [2.45, 2.75) is 57.9 Å². The van der Waals surface area contributed by atoms with E-state index in [-0.39, 0.29) is 24.0 Å². The third-order valence-electron chi connectivity index (χ3n) is 6.21. The number of hydrogen-bond donors (Lipinski definition) is 1. The summed E-state index contributed by atoms with van der Waals surface area (Å²) in [6.07, 6.45) is 1.43. The van der Waals surface area contributed by atoms with Crippen molar-refractivity contribution in [2.24, 2.45) is 0 Å². The number of ether oxygens (including phenoxy) is 1. The van der Waals surface area contributed by atoms with Crippen LogP contribution in [0.1, 0.15) is 36.9 Å². The van der Waals surface area contributed by atoms with Crippen LogP contribution in [-0.2, 0) is 20.8 Å². The van der Waals surface area contributed by atoms with Crippen LogP contribution in [0.5, 0.6) is 5.75 Å². The van der Waals surface area contributed by atoms with Crippen LogP contribution in [0.2, 0.25) is 19.6 Å². The molecule has 2 amide bonds. The number of nitrogens with zero attached hydrogens (tertiary/aromatic N) is 1. The van der Waals surface area contributed by atoms with Crippen LogP contribution in [-0.4, -0.2) is 50.3 Å². The van der Waals surface area contributed by atoms with Crippen LogP contribution in [0.25, 0.3) is 0 Å². The minimum absolute atomic E-state index is 0.0209. The Kier molecular flexibility index (Phi) is 7.74. The van der Waals surface area contributed by atoms with Gasteiger partial charge < -0.3 is 15.0 Å². The van der Waals surface area contributed by atoms with E-state index >= 15 is 0 Å². The van der Waals surface area contributed by atoms with Crippen molar-refractivity contribution in [3.63, 3.8) is 0 Å². The van der Waals surface area contributed by atoms with E-state index in [1.165, 1.54) is 5.19 Å². The summed E-state index contributed by atoms with van der Waals surface area (Å²) in [7, 11) is 0.163. The Morgan fingerprint density at radius 1 is 1.06 bits per heavy atom. The van der Waals surface area contributed by atoms with Gasteiger partial charge in [0, 0.05) is 19.4 Å². The monoisotopic (exact) mass is 466 g/mol. The Bertz CT molecular complexity index is 996. The minimum Gasteiger partial charge on any atom is -0.497 e. The van der Waals surface area contributed by atoms with Gasteiger partial charge in [-0.25, -0.2) is 0 Å². The second-order valence-corrected chi connectivity index (χ2v) is 14.7. The van der Waals surface area contributed by atoms with E-state index in [1.54, 1.807) is 43.2 Å². The normalized spacial score (nSPS) is 15.8. The van der Waals surface area contributed by atoms with Gasteiger partial charge in [0.05, 0.1) is 15.2 Å². The van der Waals surface area contributed by atoms with Gasteiger partial charge in [0.25, 0.3) is 0 Å². The lowest BCUT2D eigenvalue weighted by molar-refractivity contribution is -0.138. The predicted octanol–water partition coefficient (Wildman–Crippen LogP) is 3.22. The summed E-state index contributed by atoms with van der Waals surface area (Å²) >= 11 is 0. The van der Waals surface area contributed by atoms with Crippen molar-refractivity contribution in [1.82, 2.24) is 10.2 Å². The van der Waals surface area contributed by atoms with Crippen molar-refractivity contribution >= 4 is 30.9 Å². The average molecular weight is 467 g/mol. The molecule has 0 saturated carbocycles. The maximum atomic E-state index is 13.4. The molecule has 0 radical (unpaired) electrons. The first kappa shape index (κ1) is 24.7. The maximum Gasteiger partial charge on any atom is 0.243 e. The first-order valence-corrected chi connectivity index (χ1v) is 15.0. The lowest BCUT2D eigenvalue weighted by atomic mass is 9.97. The number of carbonyl (C=O) groups excluding carboxylic acids is 3. The molecule has 2 aromatic rings. The van der Waals surface area contributed by atoms with Crippen LogP contribution < -0.4 is 15.2 Å². The van der Waals surface area contributed by atoms with Gasteiger partial charge in [-0.05, 0) is 36.6 Å². The molecular weight excluding hydrogens is 432 g/mol. The molecule has 0 spiro atoms. The van der Waals surface area contributed by atoms with E-state index in [0.29, 0.717) is 24.3 Å². The van der Waals surface area contributed by atoms with Gasteiger partial charge in [0.1, 0.15) is 17.8 Å². The van der Waals surface area contributed by atoms with Crippen molar-refractivity contribution in [3.05, 3.63) is 59.7 Å². The topological polar surface area (TPSA) is 75.7 Å². The van der Waals surface area contributed by atoms with Gasteiger partial charge in [0.15, 0.2) is 5.78 Å². The highest BCUT2D eigenvalue weighted by molar-refractivity contribution is 6.88. The molecule has 0 aliphatic carbocycles. The molecule has 2 atom stereocenters. The molecule has 2 aromatic carbocycles. The summed E-state index contributed by atoms with van der Waals surface area (Å²) in [5.41, 5.74) is 1.60. The standard InChI is InChI=1S/C26H34N2O4Si/c1-18(28-16-6-7-24(28)30)26(31)27-25(20-10-12-21(32-2)13-11-20)23(29)17-19-8-14-22(15-9-19)33(3,4)5/h8-15,18,25H,6-7,16-17H2,1-5H3,(H,27,31). The number of Topliss-reactive ketones (excluding diaryl/α,β-unsaturated/α-hetero) is 1. The number of amides is 2. The van der Waals surface area contributed by atoms with Crippen LogP contribution in [0.3, 0.4) is 0 Å². The second kappa shape index (κ2) is 10.3. The number of nitrogens with one attached hydrogen (secondary N) is 1. The highest BCUT2D eigenvalue weighted by Gasteiger charge is 2.32. The lowest BCUT2D eigenvalue weighted by Crippen LogP contribution is -2.48. The maximum absolute atomic E-state index is 13.4. The molecule has 1 heterocycles. The lowest BCUT2D eigenvalue weighted by Gasteiger charge is -2.26. The number of benzene rings is 2. The number of methoxy groups -OCH3 is 1. The predicted molar refractivity (Wildman–Crippen MR) is 132 cm³/mol. The van der Waals surface area contributed by atoms with E-state index in [0.717, 1.165) is 12.0 Å². The second-order valence-electron chi connectivity index (χ2n) is 9.67. The molecule has 0 bridgehead atoms. The average Bonchev–Trinajstić information content (AvgIpc) is 3.22. The Morgan fingerprint density at radius 3 is 2.21 bits per heavy atom. The highest BCUT2D eigenvalue weighted by atomic mass is 28.3. The Balaban J connectivity index is 1.80. The zero-order valence-electron chi connectivity index (χ0n) is 20.2. The van der Waals surface area contributed by atoms with Crippen molar-refractivity contribution in [2.75, 3.05) is 13.7 Å². The third-order valence-corrected chi connectivity index (χ3v) is 8.28. The smallest absolute Gasteiger partial charge is 0.243 e. The van der Waals surface area contributed by atoms with E-state index in [9.17, 15) is 14.4 Å². The molecule has 1 N–H and O–H groups in total. The molecule has 7 heteroatoms. The molecule has 2 unspecified atom stereocenters. The van der Waals surface area contributed by atoms with Gasteiger partial charge in [-0.2, -0.15) is 0 Å². The molecule has 3 rings (SSSR count). The molecule has 6 nitrogen and oxygen atoms in total. The Labute approximate surface area is 197 Å². The van der Waals surface area contributed by atoms with Crippen LogP contribution in [0, 0.1) is 0 Å². The zero-order chi connectivity index (χ0) is 24.2. The van der Waals surface area contributed by atoms with E-state index < -0.39 is 20.2 Å². The van der Waals surface area contributed by atoms with Crippen molar-refractivity contribution in [3.8, 4) is 5.75 Å². The van der Waals surface area contributed by atoms with E-state index in [2.05, 4.69) is 37.1 Å². The fourth-order valence-electron chi connectivity index (χ4n) is 4.05. The molecule has 33 heavy (non-hydrogen) atoms. The number of likely N-dealkylation sites (tertiary alicyclic amines) is 1. The molecule has 1 aliphatic rings. The van der Waals surface area contributed by atoms with E-state index in [4.69, 9.17) is 4.74 Å². The van der Waals surface area contributed by atoms with E-state index in [1.807, 2.05) is 12.1 Å². The summed E-state index contributed by atoms with van der Waals surface area (Å²) < 4.78 is 5.23. The molecular formula is C26H34N2O4Si. The van der Waals surface area contributed by atoms with Gasteiger partial charge in [0.2, 0.25) is 11.8 Å². The zero-order valence-corrected chi connectivity index (χ0v) is 21.2. The first-order chi connectivity index (χ1) is 15.6. The fourth-order valence-corrected chi connectivity index (χ4v) is 5.22. The molecule has 0 aromatic heterocycles. The van der Waals surface area contributed by atoms with Gasteiger partial charge in [-0.3, -0.25) is 14.4 Å².